The van der Waals surface area contributed by atoms with Crippen molar-refractivity contribution in [1.82, 2.24) is 4.90 Å². The lowest BCUT2D eigenvalue weighted by atomic mass is 10.1. The van der Waals surface area contributed by atoms with Gasteiger partial charge in [0.05, 0.1) is 10.1 Å². The quantitative estimate of drug-likeness (QED) is 0.824. The van der Waals surface area contributed by atoms with Gasteiger partial charge in [-0.3, -0.25) is 4.79 Å². The number of rotatable bonds is 6. The summed E-state index contributed by atoms with van der Waals surface area (Å²) in [5, 5.41) is 10.4. The molecule has 21 heavy (non-hydrogen) atoms. The summed E-state index contributed by atoms with van der Waals surface area (Å²) in [6.07, 6.45) is -0.648. The maximum Gasteiger partial charge on any atom is 0.263 e. The molecular formula is C15H21BrClNO3. The van der Waals surface area contributed by atoms with Gasteiger partial charge in [0.15, 0.2) is 6.10 Å². The molecule has 0 aliphatic heterocycles. The number of carbonyl (C=O) groups is 1. The molecule has 1 amide bonds. The summed E-state index contributed by atoms with van der Waals surface area (Å²) < 4.78 is 6.38. The van der Waals surface area contributed by atoms with Gasteiger partial charge in [0.2, 0.25) is 0 Å². The molecule has 0 bridgehead atoms. The van der Waals surface area contributed by atoms with Gasteiger partial charge in [-0.2, -0.15) is 0 Å². The fraction of sp³-hybridized carbons (Fsp3) is 0.533. The summed E-state index contributed by atoms with van der Waals surface area (Å²) in [5.74, 6) is 0.390. The molecule has 0 saturated carbocycles. The Morgan fingerprint density at radius 1 is 1.52 bits per heavy atom. The highest BCUT2D eigenvalue weighted by Gasteiger charge is 2.26. The van der Waals surface area contributed by atoms with Crippen LogP contribution in [-0.4, -0.2) is 40.7 Å². The van der Waals surface area contributed by atoms with Gasteiger partial charge in [-0.1, -0.05) is 11.6 Å². The van der Waals surface area contributed by atoms with Crippen molar-refractivity contribution in [3.05, 3.63) is 27.7 Å². The number of nitrogens with zero attached hydrogens (tertiary/aromatic N) is 1. The van der Waals surface area contributed by atoms with E-state index < -0.39 is 11.7 Å². The van der Waals surface area contributed by atoms with Gasteiger partial charge in [0.1, 0.15) is 5.75 Å². The van der Waals surface area contributed by atoms with E-state index in [1.54, 1.807) is 43.9 Å². The van der Waals surface area contributed by atoms with Crippen LogP contribution in [0.5, 0.6) is 5.75 Å². The topological polar surface area (TPSA) is 49.8 Å². The molecule has 0 aliphatic carbocycles. The molecule has 1 aromatic rings. The molecule has 0 aromatic heterocycles. The molecule has 1 aromatic carbocycles. The van der Waals surface area contributed by atoms with Crippen molar-refractivity contribution >= 4 is 33.4 Å². The fourth-order valence-electron chi connectivity index (χ4n) is 1.88. The van der Waals surface area contributed by atoms with E-state index in [1.807, 2.05) is 6.92 Å². The highest BCUT2D eigenvalue weighted by atomic mass is 79.9. The Hall–Kier alpha value is -0.780. The van der Waals surface area contributed by atoms with Crippen molar-refractivity contribution in [1.29, 1.82) is 0 Å². The minimum Gasteiger partial charge on any atom is -0.480 e. The van der Waals surface area contributed by atoms with E-state index in [2.05, 4.69) is 15.9 Å². The number of likely N-dealkylation sites (N-methyl/N-ethyl adjacent to an activating group) is 1. The first-order valence-electron chi connectivity index (χ1n) is 6.77. The van der Waals surface area contributed by atoms with E-state index in [0.29, 0.717) is 21.8 Å². The molecule has 0 spiro atoms. The minimum atomic E-state index is -0.938. The molecule has 118 valence electrons. The average Bonchev–Trinajstić information content (AvgIpc) is 2.37. The number of hydrogen-bond donors (Lipinski definition) is 1. The maximum atomic E-state index is 12.4. The molecule has 6 heteroatoms. The van der Waals surface area contributed by atoms with E-state index in [9.17, 15) is 9.90 Å². The lowest BCUT2D eigenvalue weighted by Gasteiger charge is -2.30. The summed E-state index contributed by atoms with van der Waals surface area (Å²) >= 11 is 9.23. The summed E-state index contributed by atoms with van der Waals surface area (Å²) in [6.45, 7) is 7.68. The zero-order valence-electron chi connectivity index (χ0n) is 12.7. The second-order valence-electron chi connectivity index (χ2n) is 5.50. The van der Waals surface area contributed by atoms with Crippen LogP contribution in [0.15, 0.2) is 22.7 Å². The first-order chi connectivity index (χ1) is 9.64. The van der Waals surface area contributed by atoms with Crippen molar-refractivity contribution in [2.45, 2.75) is 39.4 Å². The van der Waals surface area contributed by atoms with Gasteiger partial charge in [-0.25, -0.2) is 0 Å². The summed E-state index contributed by atoms with van der Waals surface area (Å²) in [6, 6.07) is 5.12. The monoisotopic (exact) mass is 377 g/mol. The molecule has 4 nitrogen and oxygen atoms in total. The van der Waals surface area contributed by atoms with Crippen molar-refractivity contribution in [2.75, 3.05) is 13.1 Å². The Balaban J connectivity index is 2.77. The predicted molar refractivity (Wildman–Crippen MR) is 87.8 cm³/mol. The van der Waals surface area contributed by atoms with Crippen LogP contribution in [0.25, 0.3) is 0 Å². The van der Waals surface area contributed by atoms with Crippen molar-refractivity contribution < 1.29 is 14.6 Å². The number of carbonyl (C=O) groups excluding carboxylic acids is 1. The summed E-state index contributed by atoms with van der Waals surface area (Å²) in [4.78, 5) is 14.0. The van der Waals surface area contributed by atoms with Gasteiger partial charge in [-0.15, -0.1) is 0 Å². The normalized spacial score (nSPS) is 12.9. The Morgan fingerprint density at radius 2 is 2.14 bits per heavy atom. The molecule has 1 rings (SSSR count). The second kappa shape index (κ2) is 7.47. The van der Waals surface area contributed by atoms with E-state index in [4.69, 9.17) is 16.3 Å². The Labute approximate surface area is 139 Å². The molecule has 0 saturated heterocycles. The zero-order valence-corrected chi connectivity index (χ0v) is 15.0. The van der Waals surface area contributed by atoms with Crippen LogP contribution in [-0.2, 0) is 4.79 Å². The van der Waals surface area contributed by atoms with Crippen LogP contribution in [0.2, 0.25) is 5.02 Å². The molecule has 0 fully saturated rings. The predicted octanol–water partition coefficient (Wildman–Crippen LogP) is 3.49. The van der Waals surface area contributed by atoms with Crippen LogP contribution in [0.4, 0.5) is 0 Å². The number of halogens is 2. The first-order valence-corrected chi connectivity index (χ1v) is 7.94. The van der Waals surface area contributed by atoms with Gasteiger partial charge < -0.3 is 14.7 Å². The Bertz CT molecular complexity index is 502. The summed E-state index contributed by atoms with van der Waals surface area (Å²) in [7, 11) is 0. The Morgan fingerprint density at radius 3 is 2.62 bits per heavy atom. The standard InChI is InChI=1S/C15H21BrClNO3/c1-5-18(9-15(3,4)20)14(19)10(2)21-13-7-6-11(17)8-12(13)16/h6-8,10,20H,5,9H2,1-4H3. The molecular weight excluding hydrogens is 358 g/mol. The third-order valence-electron chi connectivity index (χ3n) is 2.82. The lowest BCUT2D eigenvalue weighted by molar-refractivity contribution is -0.140. The third-order valence-corrected chi connectivity index (χ3v) is 3.67. The average molecular weight is 379 g/mol. The van der Waals surface area contributed by atoms with Crippen LogP contribution in [0.1, 0.15) is 27.7 Å². The maximum absolute atomic E-state index is 12.4. The minimum absolute atomic E-state index is 0.165. The largest absolute Gasteiger partial charge is 0.480 e. The SMILES string of the molecule is CCN(CC(C)(C)O)C(=O)C(C)Oc1ccc(Cl)cc1Br. The van der Waals surface area contributed by atoms with Gasteiger partial charge in [0.25, 0.3) is 5.91 Å². The highest BCUT2D eigenvalue weighted by Crippen LogP contribution is 2.29. The number of aliphatic hydroxyl groups is 1. The molecule has 1 N–H and O–H groups in total. The van der Waals surface area contributed by atoms with Crippen molar-refractivity contribution in [3.63, 3.8) is 0 Å². The van der Waals surface area contributed by atoms with Crippen LogP contribution in [0, 0.1) is 0 Å². The molecule has 1 atom stereocenters. The number of benzene rings is 1. The van der Waals surface area contributed by atoms with E-state index in [1.165, 1.54) is 0 Å². The van der Waals surface area contributed by atoms with Crippen molar-refractivity contribution in [3.8, 4) is 5.75 Å². The lowest BCUT2D eigenvalue weighted by Crippen LogP contribution is -2.47. The third kappa shape index (κ3) is 5.85. The highest BCUT2D eigenvalue weighted by molar-refractivity contribution is 9.10. The number of amides is 1. The smallest absolute Gasteiger partial charge is 0.263 e. The molecule has 0 radical (unpaired) electrons. The van der Waals surface area contributed by atoms with Gasteiger partial charge in [-0.05, 0) is 61.8 Å². The van der Waals surface area contributed by atoms with E-state index >= 15 is 0 Å². The van der Waals surface area contributed by atoms with Gasteiger partial charge >= 0.3 is 0 Å². The second-order valence-corrected chi connectivity index (χ2v) is 6.79. The zero-order chi connectivity index (χ0) is 16.2. The van der Waals surface area contributed by atoms with E-state index in [0.717, 1.165) is 0 Å². The molecule has 0 heterocycles. The Kier molecular flexibility index (Phi) is 6.50. The van der Waals surface area contributed by atoms with Crippen LogP contribution in [0.3, 0.4) is 0 Å². The number of ether oxygens (including phenoxy) is 1. The van der Waals surface area contributed by atoms with Gasteiger partial charge in [0, 0.05) is 18.1 Å². The summed E-state index contributed by atoms with van der Waals surface area (Å²) in [5.41, 5.74) is -0.938. The number of hydrogen-bond acceptors (Lipinski definition) is 3. The van der Waals surface area contributed by atoms with Crippen molar-refractivity contribution in [2.24, 2.45) is 0 Å². The van der Waals surface area contributed by atoms with E-state index in [-0.39, 0.29) is 12.5 Å². The van der Waals surface area contributed by atoms with Crippen LogP contribution >= 0.6 is 27.5 Å². The first kappa shape index (κ1) is 18.3. The molecule has 0 aliphatic rings. The fourth-order valence-corrected chi connectivity index (χ4v) is 2.66. The van der Waals surface area contributed by atoms with Crippen LogP contribution < -0.4 is 4.74 Å². The molecule has 1 unspecified atom stereocenters.